The second-order valence-electron chi connectivity index (χ2n) is 6.68. The van der Waals surface area contributed by atoms with E-state index < -0.39 is 0 Å². The summed E-state index contributed by atoms with van der Waals surface area (Å²) in [6.07, 6.45) is 0.691. The molecule has 1 aliphatic heterocycles. The average Bonchev–Trinajstić information content (AvgIpc) is 2.72. The molecular formula is C21H26FN3O2. The number of hydrogen-bond donors (Lipinski definition) is 1. The highest BCUT2D eigenvalue weighted by Gasteiger charge is 2.20. The van der Waals surface area contributed by atoms with Crippen molar-refractivity contribution in [2.24, 2.45) is 0 Å². The van der Waals surface area contributed by atoms with Crippen molar-refractivity contribution in [3.8, 4) is 5.75 Å². The standard InChI is InChI=1S/C21H26FN3O2/c1-27-19-8-6-17(7-9-19)16-23-21(26)25-14-12-24(13-15-25)11-10-18-4-2-3-5-20(18)22/h2-9H,10-16H2,1H3,(H,23,26). The zero-order valence-corrected chi connectivity index (χ0v) is 15.7. The van der Waals surface area contributed by atoms with Crippen molar-refractivity contribution >= 4 is 6.03 Å². The van der Waals surface area contributed by atoms with Crippen molar-refractivity contribution < 1.29 is 13.9 Å². The normalized spacial score (nSPS) is 14.8. The number of nitrogens with one attached hydrogen (secondary N) is 1. The molecule has 1 N–H and O–H groups in total. The molecule has 0 radical (unpaired) electrons. The van der Waals surface area contributed by atoms with Gasteiger partial charge in [-0.25, -0.2) is 9.18 Å². The summed E-state index contributed by atoms with van der Waals surface area (Å²) in [5.41, 5.74) is 1.78. The van der Waals surface area contributed by atoms with Crippen molar-refractivity contribution in [3.63, 3.8) is 0 Å². The number of rotatable bonds is 6. The number of nitrogens with zero attached hydrogens (tertiary/aromatic N) is 2. The lowest BCUT2D eigenvalue weighted by molar-refractivity contribution is 0.139. The van der Waals surface area contributed by atoms with Crippen LogP contribution in [0.2, 0.25) is 0 Å². The molecule has 6 heteroatoms. The summed E-state index contributed by atoms with van der Waals surface area (Å²) < 4.78 is 18.8. The molecule has 1 heterocycles. The minimum Gasteiger partial charge on any atom is -0.497 e. The highest BCUT2D eigenvalue weighted by molar-refractivity contribution is 5.74. The summed E-state index contributed by atoms with van der Waals surface area (Å²) in [6.45, 7) is 4.30. The van der Waals surface area contributed by atoms with Gasteiger partial charge in [0.1, 0.15) is 11.6 Å². The van der Waals surface area contributed by atoms with Gasteiger partial charge in [0.2, 0.25) is 0 Å². The van der Waals surface area contributed by atoms with Gasteiger partial charge in [-0.05, 0) is 35.7 Å². The van der Waals surface area contributed by atoms with E-state index in [-0.39, 0.29) is 11.8 Å². The van der Waals surface area contributed by atoms with E-state index in [1.807, 2.05) is 41.3 Å². The second-order valence-corrected chi connectivity index (χ2v) is 6.68. The Morgan fingerprint density at radius 3 is 2.44 bits per heavy atom. The fraction of sp³-hybridized carbons (Fsp3) is 0.381. The maximum absolute atomic E-state index is 13.7. The predicted octanol–water partition coefficient (Wildman–Crippen LogP) is 2.90. The molecule has 2 amide bonds. The molecule has 144 valence electrons. The largest absolute Gasteiger partial charge is 0.497 e. The summed E-state index contributed by atoms with van der Waals surface area (Å²) in [6, 6.07) is 14.5. The fourth-order valence-corrected chi connectivity index (χ4v) is 3.19. The molecule has 27 heavy (non-hydrogen) atoms. The van der Waals surface area contributed by atoms with Crippen molar-refractivity contribution in [1.82, 2.24) is 15.1 Å². The van der Waals surface area contributed by atoms with E-state index in [0.29, 0.717) is 26.1 Å². The number of benzene rings is 2. The maximum atomic E-state index is 13.7. The van der Waals surface area contributed by atoms with Crippen molar-refractivity contribution in [3.05, 3.63) is 65.5 Å². The predicted molar refractivity (Wildman–Crippen MR) is 103 cm³/mol. The number of urea groups is 1. The number of piperazine rings is 1. The van der Waals surface area contributed by atoms with E-state index in [0.717, 1.165) is 36.5 Å². The van der Waals surface area contributed by atoms with Crippen LogP contribution in [-0.4, -0.2) is 55.7 Å². The molecule has 1 saturated heterocycles. The van der Waals surface area contributed by atoms with E-state index in [9.17, 15) is 9.18 Å². The third-order valence-electron chi connectivity index (χ3n) is 4.92. The molecule has 2 aromatic carbocycles. The quantitative estimate of drug-likeness (QED) is 0.849. The second kappa shape index (κ2) is 9.37. The van der Waals surface area contributed by atoms with Crippen LogP contribution in [0.1, 0.15) is 11.1 Å². The van der Waals surface area contributed by atoms with Crippen LogP contribution in [0.3, 0.4) is 0 Å². The first kappa shape index (κ1) is 19.2. The number of hydrogen-bond acceptors (Lipinski definition) is 3. The molecule has 0 atom stereocenters. The Labute approximate surface area is 159 Å². The molecule has 0 unspecified atom stereocenters. The first-order chi connectivity index (χ1) is 13.2. The zero-order chi connectivity index (χ0) is 19.1. The Morgan fingerprint density at radius 2 is 1.78 bits per heavy atom. The number of carbonyl (C=O) groups is 1. The van der Waals surface area contributed by atoms with Crippen LogP contribution in [0.25, 0.3) is 0 Å². The lowest BCUT2D eigenvalue weighted by Gasteiger charge is -2.34. The molecule has 2 aromatic rings. The molecule has 0 saturated carbocycles. The Kier molecular flexibility index (Phi) is 6.65. The number of carbonyl (C=O) groups excluding carboxylic acids is 1. The molecular weight excluding hydrogens is 345 g/mol. The van der Waals surface area contributed by atoms with E-state index in [4.69, 9.17) is 4.74 Å². The number of methoxy groups -OCH3 is 1. The number of amides is 2. The first-order valence-corrected chi connectivity index (χ1v) is 9.27. The SMILES string of the molecule is COc1ccc(CNC(=O)N2CCN(CCc3ccccc3F)CC2)cc1. The lowest BCUT2D eigenvalue weighted by Crippen LogP contribution is -2.51. The number of halogens is 1. The Balaban J connectivity index is 1.39. The van der Waals surface area contributed by atoms with Crippen LogP contribution in [0, 0.1) is 5.82 Å². The monoisotopic (exact) mass is 371 g/mol. The highest BCUT2D eigenvalue weighted by Crippen LogP contribution is 2.12. The van der Waals surface area contributed by atoms with Crippen LogP contribution >= 0.6 is 0 Å². The fourth-order valence-electron chi connectivity index (χ4n) is 3.19. The molecule has 0 bridgehead atoms. The summed E-state index contributed by atoms with van der Waals surface area (Å²) in [5.74, 6) is 0.658. The Morgan fingerprint density at radius 1 is 1.07 bits per heavy atom. The third kappa shape index (κ3) is 5.44. The summed E-state index contributed by atoms with van der Waals surface area (Å²) in [4.78, 5) is 16.5. The van der Waals surface area contributed by atoms with E-state index >= 15 is 0 Å². The minimum atomic E-state index is -0.144. The highest BCUT2D eigenvalue weighted by atomic mass is 19.1. The lowest BCUT2D eigenvalue weighted by atomic mass is 10.1. The van der Waals surface area contributed by atoms with Crippen molar-refractivity contribution in [2.75, 3.05) is 39.8 Å². The van der Waals surface area contributed by atoms with Gasteiger partial charge in [0, 0.05) is 39.3 Å². The third-order valence-corrected chi connectivity index (χ3v) is 4.92. The van der Waals surface area contributed by atoms with Crippen molar-refractivity contribution in [1.29, 1.82) is 0 Å². The summed E-state index contributed by atoms with van der Waals surface area (Å²) in [7, 11) is 1.63. The molecule has 0 aliphatic carbocycles. The minimum absolute atomic E-state index is 0.0421. The van der Waals surface area contributed by atoms with Crippen LogP contribution in [0.5, 0.6) is 5.75 Å². The van der Waals surface area contributed by atoms with E-state index in [1.54, 1.807) is 13.2 Å². The zero-order valence-electron chi connectivity index (χ0n) is 15.7. The van der Waals surface area contributed by atoms with Gasteiger partial charge in [-0.2, -0.15) is 0 Å². The van der Waals surface area contributed by atoms with Gasteiger partial charge in [-0.1, -0.05) is 30.3 Å². The molecule has 1 aliphatic rings. The van der Waals surface area contributed by atoms with Gasteiger partial charge in [0.25, 0.3) is 0 Å². The molecule has 0 aromatic heterocycles. The van der Waals surface area contributed by atoms with E-state index in [1.165, 1.54) is 6.07 Å². The molecule has 0 spiro atoms. The van der Waals surface area contributed by atoms with Gasteiger partial charge >= 0.3 is 6.03 Å². The summed E-state index contributed by atoms with van der Waals surface area (Å²) in [5, 5.41) is 2.96. The molecule has 5 nitrogen and oxygen atoms in total. The van der Waals surface area contributed by atoms with Crippen molar-refractivity contribution in [2.45, 2.75) is 13.0 Å². The van der Waals surface area contributed by atoms with Gasteiger partial charge in [-0.3, -0.25) is 4.90 Å². The average molecular weight is 371 g/mol. The smallest absolute Gasteiger partial charge is 0.317 e. The van der Waals surface area contributed by atoms with Gasteiger partial charge in [-0.15, -0.1) is 0 Å². The van der Waals surface area contributed by atoms with Crippen LogP contribution in [-0.2, 0) is 13.0 Å². The maximum Gasteiger partial charge on any atom is 0.317 e. The van der Waals surface area contributed by atoms with Crippen LogP contribution in [0.4, 0.5) is 9.18 Å². The first-order valence-electron chi connectivity index (χ1n) is 9.27. The topological polar surface area (TPSA) is 44.8 Å². The molecule has 1 fully saturated rings. The molecule has 3 rings (SSSR count). The Bertz CT molecular complexity index is 743. The Hall–Kier alpha value is -2.60. The van der Waals surface area contributed by atoms with E-state index in [2.05, 4.69) is 10.2 Å². The van der Waals surface area contributed by atoms with Crippen LogP contribution < -0.4 is 10.1 Å². The van der Waals surface area contributed by atoms with Crippen LogP contribution in [0.15, 0.2) is 48.5 Å². The summed E-state index contributed by atoms with van der Waals surface area (Å²) >= 11 is 0. The van der Waals surface area contributed by atoms with Gasteiger partial charge in [0.15, 0.2) is 0 Å². The number of ether oxygens (including phenoxy) is 1. The van der Waals surface area contributed by atoms with Gasteiger partial charge < -0.3 is 15.0 Å². The van der Waals surface area contributed by atoms with Gasteiger partial charge in [0.05, 0.1) is 7.11 Å².